The highest BCUT2D eigenvalue weighted by molar-refractivity contribution is 5.78. The van der Waals surface area contributed by atoms with Crippen LogP contribution in [0, 0.1) is 6.92 Å². The van der Waals surface area contributed by atoms with Crippen molar-refractivity contribution < 1.29 is 9.59 Å². The molecule has 0 N–H and O–H groups in total. The van der Waals surface area contributed by atoms with E-state index in [4.69, 9.17) is 0 Å². The second-order valence-electron chi connectivity index (χ2n) is 4.86. The quantitative estimate of drug-likeness (QED) is 0.772. The number of carbonyl (C=O) groups excluding carboxylic acids is 2. The lowest BCUT2D eigenvalue weighted by Gasteiger charge is -2.36. The molecular formula is C15H20N2O2. The van der Waals surface area contributed by atoms with Gasteiger partial charge in [0.25, 0.3) is 0 Å². The molecule has 0 aromatic heterocycles. The molecule has 0 bridgehead atoms. The first-order valence-corrected chi connectivity index (χ1v) is 6.74. The van der Waals surface area contributed by atoms with Crippen molar-refractivity contribution >= 4 is 17.9 Å². The van der Waals surface area contributed by atoms with E-state index in [0.717, 1.165) is 32.5 Å². The van der Waals surface area contributed by atoms with E-state index < -0.39 is 0 Å². The lowest BCUT2D eigenvalue weighted by Crippen LogP contribution is -2.48. The van der Waals surface area contributed by atoms with Gasteiger partial charge < -0.3 is 14.6 Å². The second-order valence-corrected chi connectivity index (χ2v) is 4.86. The fourth-order valence-corrected chi connectivity index (χ4v) is 2.46. The standard InChI is InChI=1S/C15H20N2O2/c1-13-5-2-3-6-14(13)16-8-10-17(11-9-16)15(19)7-4-12-18/h2-3,5-6,12H,4,7-11H2,1H3. The number of aryl methyl sites for hydroxylation is 1. The van der Waals surface area contributed by atoms with Crippen molar-refractivity contribution in [2.45, 2.75) is 19.8 Å². The molecule has 1 aromatic rings. The van der Waals surface area contributed by atoms with Gasteiger partial charge in [-0.1, -0.05) is 18.2 Å². The smallest absolute Gasteiger partial charge is 0.223 e. The van der Waals surface area contributed by atoms with Crippen LogP contribution in [0.2, 0.25) is 0 Å². The van der Waals surface area contributed by atoms with Crippen LogP contribution in [0.1, 0.15) is 18.4 Å². The topological polar surface area (TPSA) is 40.6 Å². The van der Waals surface area contributed by atoms with E-state index in [1.54, 1.807) is 0 Å². The number of benzene rings is 1. The number of hydrogen-bond acceptors (Lipinski definition) is 3. The highest BCUT2D eigenvalue weighted by Crippen LogP contribution is 2.20. The van der Waals surface area contributed by atoms with E-state index in [2.05, 4.69) is 24.0 Å². The molecule has 1 fully saturated rings. The molecule has 4 nitrogen and oxygen atoms in total. The summed E-state index contributed by atoms with van der Waals surface area (Å²) in [4.78, 5) is 26.3. The maximum absolute atomic E-state index is 11.8. The minimum Gasteiger partial charge on any atom is -0.368 e. The van der Waals surface area contributed by atoms with E-state index >= 15 is 0 Å². The average molecular weight is 260 g/mol. The molecule has 102 valence electrons. The van der Waals surface area contributed by atoms with E-state index in [1.165, 1.54) is 11.3 Å². The van der Waals surface area contributed by atoms with Gasteiger partial charge in [-0.25, -0.2) is 0 Å². The van der Waals surface area contributed by atoms with E-state index in [-0.39, 0.29) is 5.91 Å². The van der Waals surface area contributed by atoms with Gasteiger partial charge in [0.2, 0.25) is 5.91 Å². The molecule has 2 rings (SSSR count). The zero-order valence-electron chi connectivity index (χ0n) is 11.3. The Balaban J connectivity index is 1.91. The molecule has 19 heavy (non-hydrogen) atoms. The van der Waals surface area contributed by atoms with Gasteiger partial charge in [0, 0.05) is 44.7 Å². The zero-order chi connectivity index (χ0) is 13.7. The van der Waals surface area contributed by atoms with Crippen molar-refractivity contribution in [3.05, 3.63) is 29.8 Å². The van der Waals surface area contributed by atoms with Crippen LogP contribution in [-0.2, 0) is 9.59 Å². The number of para-hydroxylation sites is 1. The van der Waals surface area contributed by atoms with Crippen molar-refractivity contribution in [3.8, 4) is 0 Å². The second kappa shape index (κ2) is 6.36. The summed E-state index contributed by atoms with van der Waals surface area (Å²) in [5, 5.41) is 0. The van der Waals surface area contributed by atoms with Crippen LogP contribution < -0.4 is 4.90 Å². The molecule has 1 aliphatic heterocycles. The van der Waals surface area contributed by atoms with Crippen LogP contribution in [0.25, 0.3) is 0 Å². The zero-order valence-corrected chi connectivity index (χ0v) is 11.3. The van der Waals surface area contributed by atoms with Crippen LogP contribution in [0.15, 0.2) is 24.3 Å². The number of carbonyl (C=O) groups is 2. The summed E-state index contributed by atoms with van der Waals surface area (Å²) in [6.45, 7) is 5.31. The molecule has 1 saturated heterocycles. The molecule has 0 radical (unpaired) electrons. The van der Waals surface area contributed by atoms with Crippen LogP contribution in [0.3, 0.4) is 0 Å². The van der Waals surface area contributed by atoms with Gasteiger partial charge in [0.1, 0.15) is 6.29 Å². The molecule has 0 saturated carbocycles. The molecule has 1 heterocycles. The Labute approximate surface area is 114 Å². The third-order valence-electron chi connectivity index (χ3n) is 3.56. The fraction of sp³-hybridized carbons (Fsp3) is 0.467. The minimum absolute atomic E-state index is 0.0940. The Morgan fingerprint density at radius 2 is 1.89 bits per heavy atom. The van der Waals surface area contributed by atoms with Crippen molar-refractivity contribution in [3.63, 3.8) is 0 Å². The minimum atomic E-state index is 0.0940. The normalized spacial score (nSPS) is 15.4. The molecule has 0 aliphatic carbocycles. The van der Waals surface area contributed by atoms with E-state index in [1.807, 2.05) is 17.0 Å². The number of aldehydes is 1. The van der Waals surface area contributed by atoms with Crippen LogP contribution in [0.5, 0.6) is 0 Å². The van der Waals surface area contributed by atoms with Gasteiger partial charge in [0.15, 0.2) is 0 Å². The summed E-state index contributed by atoms with van der Waals surface area (Å²) in [6, 6.07) is 8.32. The van der Waals surface area contributed by atoms with Crippen LogP contribution >= 0.6 is 0 Å². The number of rotatable bonds is 4. The molecule has 1 aliphatic rings. The summed E-state index contributed by atoms with van der Waals surface area (Å²) in [7, 11) is 0. The Kier molecular flexibility index (Phi) is 4.55. The molecule has 1 aromatic carbocycles. The third kappa shape index (κ3) is 3.34. The van der Waals surface area contributed by atoms with Crippen LogP contribution in [0.4, 0.5) is 5.69 Å². The summed E-state index contributed by atoms with van der Waals surface area (Å²) in [5.74, 6) is 0.0940. The SMILES string of the molecule is Cc1ccccc1N1CCN(C(=O)CCC=O)CC1. The fourth-order valence-electron chi connectivity index (χ4n) is 2.46. The summed E-state index contributed by atoms with van der Waals surface area (Å²) < 4.78 is 0. The van der Waals surface area contributed by atoms with Crippen molar-refractivity contribution in [2.75, 3.05) is 31.1 Å². The van der Waals surface area contributed by atoms with E-state index in [0.29, 0.717) is 12.8 Å². The summed E-state index contributed by atoms with van der Waals surface area (Å²) >= 11 is 0. The first kappa shape index (κ1) is 13.6. The highest BCUT2D eigenvalue weighted by atomic mass is 16.2. The van der Waals surface area contributed by atoms with Crippen molar-refractivity contribution in [1.29, 1.82) is 0 Å². The van der Waals surface area contributed by atoms with Gasteiger partial charge in [-0.15, -0.1) is 0 Å². The lowest BCUT2D eigenvalue weighted by atomic mass is 10.1. The van der Waals surface area contributed by atoms with Gasteiger partial charge >= 0.3 is 0 Å². The highest BCUT2D eigenvalue weighted by Gasteiger charge is 2.21. The van der Waals surface area contributed by atoms with Crippen molar-refractivity contribution in [1.82, 2.24) is 4.90 Å². The molecule has 0 unspecified atom stereocenters. The predicted octanol–water partition coefficient (Wildman–Crippen LogP) is 1.62. The van der Waals surface area contributed by atoms with Gasteiger partial charge in [0.05, 0.1) is 0 Å². The summed E-state index contributed by atoms with van der Waals surface area (Å²) in [6.07, 6.45) is 1.48. The molecule has 4 heteroatoms. The number of nitrogens with zero attached hydrogens (tertiary/aromatic N) is 2. The first-order valence-electron chi connectivity index (χ1n) is 6.74. The molecule has 0 atom stereocenters. The Bertz CT molecular complexity index is 451. The number of amides is 1. The maximum Gasteiger partial charge on any atom is 0.223 e. The monoisotopic (exact) mass is 260 g/mol. The third-order valence-corrected chi connectivity index (χ3v) is 3.56. The Morgan fingerprint density at radius 1 is 1.21 bits per heavy atom. The number of anilines is 1. The van der Waals surface area contributed by atoms with Crippen LogP contribution in [-0.4, -0.2) is 43.3 Å². The first-order chi connectivity index (χ1) is 9.22. The molecular weight excluding hydrogens is 240 g/mol. The Hall–Kier alpha value is -1.84. The van der Waals surface area contributed by atoms with Gasteiger partial charge in [-0.3, -0.25) is 4.79 Å². The molecule has 0 spiro atoms. The van der Waals surface area contributed by atoms with Gasteiger partial charge in [-0.05, 0) is 18.6 Å². The van der Waals surface area contributed by atoms with E-state index in [9.17, 15) is 9.59 Å². The summed E-state index contributed by atoms with van der Waals surface area (Å²) in [5.41, 5.74) is 2.52. The number of piperazine rings is 1. The van der Waals surface area contributed by atoms with Gasteiger partial charge in [-0.2, -0.15) is 0 Å². The lowest BCUT2D eigenvalue weighted by molar-refractivity contribution is -0.132. The number of hydrogen-bond donors (Lipinski definition) is 0. The predicted molar refractivity (Wildman–Crippen MR) is 75.3 cm³/mol. The largest absolute Gasteiger partial charge is 0.368 e. The molecule has 1 amide bonds. The average Bonchev–Trinajstić information content (AvgIpc) is 2.45. The maximum atomic E-state index is 11.8. The van der Waals surface area contributed by atoms with Crippen molar-refractivity contribution in [2.24, 2.45) is 0 Å². The Morgan fingerprint density at radius 3 is 2.53 bits per heavy atom.